The zero-order valence-corrected chi connectivity index (χ0v) is 12.2. The van der Waals surface area contributed by atoms with Gasteiger partial charge in [0.2, 0.25) is 10.0 Å². The van der Waals surface area contributed by atoms with E-state index in [1.54, 1.807) is 20.8 Å². The molecule has 1 aromatic rings. The van der Waals surface area contributed by atoms with Crippen LogP contribution in [0.1, 0.15) is 19.4 Å². The summed E-state index contributed by atoms with van der Waals surface area (Å²) >= 11 is 0. The van der Waals surface area contributed by atoms with Gasteiger partial charge in [-0.05, 0) is 38.5 Å². The van der Waals surface area contributed by atoms with Crippen LogP contribution in [0.3, 0.4) is 0 Å². The van der Waals surface area contributed by atoms with Crippen LogP contribution in [0.5, 0.6) is 0 Å². The van der Waals surface area contributed by atoms with Crippen LogP contribution in [0.25, 0.3) is 0 Å². The van der Waals surface area contributed by atoms with E-state index in [1.807, 2.05) is 0 Å². The SMILES string of the molecule is C=CCN(C(C)C)S(=O)(=O)c1cc(N)c(C)cc1F. The number of benzene rings is 1. The molecule has 2 N–H and O–H groups in total. The topological polar surface area (TPSA) is 63.4 Å². The first-order valence-corrected chi connectivity index (χ1v) is 7.34. The van der Waals surface area contributed by atoms with Crippen LogP contribution >= 0.6 is 0 Å². The normalized spacial score (nSPS) is 12.1. The number of anilines is 1. The highest BCUT2D eigenvalue weighted by Gasteiger charge is 2.29. The van der Waals surface area contributed by atoms with Gasteiger partial charge < -0.3 is 5.73 Å². The van der Waals surface area contributed by atoms with Crippen molar-refractivity contribution in [3.05, 3.63) is 36.2 Å². The molecule has 0 aliphatic carbocycles. The molecule has 0 saturated heterocycles. The number of hydrogen-bond donors (Lipinski definition) is 1. The highest BCUT2D eigenvalue weighted by molar-refractivity contribution is 7.89. The lowest BCUT2D eigenvalue weighted by Crippen LogP contribution is -2.37. The van der Waals surface area contributed by atoms with E-state index < -0.39 is 20.7 Å². The minimum Gasteiger partial charge on any atom is -0.398 e. The van der Waals surface area contributed by atoms with Crippen molar-refractivity contribution in [3.63, 3.8) is 0 Å². The molecule has 4 nitrogen and oxygen atoms in total. The Hall–Kier alpha value is -1.40. The lowest BCUT2D eigenvalue weighted by atomic mass is 10.2. The first kappa shape index (κ1) is 15.7. The van der Waals surface area contributed by atoms with Gasteiger partial charge in [0, 0.05) is 18.3 Å². The van der Waals surface area contributed by atoms with Gasteiger partial charge >= 0.3 is 0 Å². The van der Waals surface area contributed by atoms with E-state index in [0.717, 1.165) is 6.07 Å². The molecule has 0 aliphatic heterocycles. The monoisotopic (exact) mass is 286 g/mol. The molecule has 19 heavy (non-hydrogen) atoms. The van der Waals surface area contributed by atoms with E-state index in [9.17, 15) is 12.8 Å². The van der Waals surface area contributed by atoms with Gasteiger partial charge in [-0.1, -0.05) is 6.08 Å². The minimum atomic E-state index is -3.93. The maximum absolute atomic E-state index is 13.9. The number of nitrogens with zero attached hydrogens (tertiary/aromatic N) is 1. The molecule has 0 radical (unpaired) electrons. The van der Waals surface area contributed by atoms with Crippen molar-refractivity contribution in [1.29, 1.82) is 0 Å². The molecule has 0 aliphatic rings. The minimum absolute atomic E-state index is 0.118. The first-order chi connectivity index (χ1) is 8.71. The third-order valence-corrected chi connectivity index (χ3v) is 4.85. The molecule has 0 amide bonds. The van der Waals surface area contributed by atoms with Crippen molar-refractivity contribution in [3.8, 4) is 0 Å². The Bertz CT molecular complexity index is 583. The molecule has 0 saturated carbocycles. The molecule has 0 aromatic heterocycles. The molecule has 0 heterocycles. The standard InChI is InChI=1S/C13H19FN2O2S/c1-5-6-16(9(2)3)19(17,18)13-8-12(15)10(4)7-11(13)14/h5,7-9H,1,6,15H2,2-4H3. The maximum Gasteiger partial charge on any atom is 0.246 e. The Morgan fingerprint density at radius 2 is 2.05 bits per heavy atom. The summed E-state index contributed by atoms with van der Waals surface area (Å²) in [7, 11) is -3.93. The molecule has 0 atom stereocenters. The van der Waals surface area contributed by atoms with Crippen LogP contribution in [0.15, 0.2) is 29.7 Å². The Balaban J connectivity index is 3.41. The first-order valence-electron chi connectivity index (χ1n) is 5.90. The van der Waals surface area contributed by atoms with E-state index in [4.69, 9.17) is 5.73 Å². The van der Waals surface area contributed by atoms with Gasteiger partial charge in [0.15, 0.2) is 0 Å². The number of hydrogen-bond acceptors (Lipinski definition) is 3. The summed E-state index contributed by atoms with van der Waals surface area (Å²) in [5, 5.41) is 0. The zero-order chi connectivity index (χ0) is 14.8. The second kappa shape index (κ2) is 5.71. The van der Waals surface area contributed by atoms with E-state index >= 15 is 0 Å². The Labute approximate surface area is 113 Å². The average Bonchev–Trinajstić information content (AvgIpc) is 2.29. The average molecular weight is 286 g/mol. The fourth-order valence-corrected chi connectivity index (χ4v) is 3.40. The van der Waals surface area contributed by atoms with Crippen LogP contribution < -0.4 is 5.73 Å². The Morgan fingerprint density at radius 3 is 2.53 bits per heavy atom. The summed E-state index contributed by atoms with van der Waals surface area (Å²) < 4.78 is 39.9. The maximum atomic E-state index is 13.9. The van der Waals surface area contributed by atoms with Crippen molar-refractivity contribution in [1.82, 2.24) is 4.31 Å². The van der Waals surface area contributed by atoms with Gasteiger partial charge in [0.25, 0.3) is 0 Å². The highest BCUT2D eigenvalue weighted by atomic mass is 32.2. The van der Waals surface area contributed by atoms with Gasteiger partial charge in [0.1, 0.15) is 10.7 Å². The molecule has 0 spiro atoms. The molecular weight excluding hydrogens is 267 g/mol. The number of nitrogen functional groups attached to an aromatic ring is 1. The van der Waals surface area contributed by atoms with Gasteiger partial charge in [0.05, 0.1) is 0 Å². The van der Waals surface area contributed by atoms with Gasteiger partial charge in [-0.25, -0.2) is 12.8 Å². The van der Waals surface area contributed by atoms with E-state index in [1.165, 1.54) is 16.4 Å². The van der Waals surface area contributed by atoms with Crippen molar-refractivity contribution < 1.29 is 12.8 Å². The van der Waals surface area contributed by atoms with Crippen molar-refractivity contribution >= 4 is 15.7 Å². The molecular formula is C13H19FN2O2S. The smallest absolute Gasteiger partial charge is 0.246 e. The third-order valence-electron chi connectivity index (χ3n) is 2.79. The van der Waals surface area contributed by atoms with Gasteiger partial charge in [-0.2, -0.15) is 4.31 Å². The summed E-state index contributed by atoms with van der Waals surface area (Å²) in [6.45, 7) is 8.70. The van der Waals surface area contributed by atoms with Crippen LogP contribution in [0.2, 0.25) is 0 Å². The van der Waals surface area contributed by atoms with Gasteiger partial charge in [-0.15, -0.1) is 6.58 Å². The molecule has 0 bridgehead atoms. The summed E-state index contributed by atoms with van der Waals surface area (Å²) in [5.74, 6) is -0.790. The van der Waals surface area contributed by atoms with Crippen LogP contribution in [0.4, 0.5) is 10.1 Å². The third kappa shape index (κ3) is 3.13. The summed E-state index contributed by atoms with van der Waals surface area (Å²) in [5.41, 5.74) is 6.43. The number of halogens is 1. The predicted octanol–water partition coefficient (Wildman–Crippen LogP) is 2.30. The quantitative estimate of drug-likeness (QED) is 0.667. The van der Waals surface area contributed by atoms with E-state index in [2.05, 4.69) is 6.58 Å². The summed E-state index contributed by atoms with van der Waals surface area (Å²) in [6, 6.07) is 2.00. The fourth-order valence-electron chi connectivity index (χ4n) is 1.71. The van der Waals surface area contributed by atoms with Crippen molar-refractivity contribution in [2.45, 2.75) is 31.7 Å². The Morgan fingerprint density at radius 1 is 1.47 bits per heavy atom. The number of nitrogens with two attached hydrogens (primary N) is 1. The van der Waals surface area contributed by atoms with Crippen LogP contribution in [-0.2, 0) is 10.0 Å². The molecule has 106 valence electrons. The van der Waals surface area contributed by atoms with E-state index in [-0.39, 0.29) is 18.3 Å². The molecule has 0 unspecified atom stereocenters. The lowest BCUT2D eigenvalue weighted by molar-refractivity contribution is 0.380. The largest absolute Gasteiger partial charge is 0.398 e. The Kier molecular flexibility index (Phi) is 4.70. The van der Waals surface area contributed by atoms with Crippen molar-refractivity contribution in [2.24, 2.45) is 0 Å². The number of rotatable bonds is 5. The number of aryl methyl sites for hydroxylation is 1. The molecule has 1 aromatic carbocycles. The highest BCUT2D eigenvalue weighted by Crippen LogP contribution is 2.25. The predicted molar refractivity (Wildman–Crippen MR) is 74.8 cm³/mol. The summed E-state index contributed by atoms with van der Waals surface area (Å²) in [4.78, 5) is -0.397. The van der Waals surface area contributed by atoms with Crippen LogP contribution in [-0.4, -0.2) is 25.3 Å². The second-order valence-corrected chi connectivity index (χ2v) is 6.46. The fraction of sp³-hybridized carbons (Fsp3) is 0.385. The molecule has 0 fully saturated rings. The zero-order valence-electron chi connectivity index (χ0n) is 11.4. The van der Waals surface area contributed by atoms with Gasteiger partial charge in [-0.3, -0.25) is 0 Å². The summed E-state index contributed by atoms with van der Waals surface area (Å²) in [6.07, 6.45) is 1.47. The lowest BCUT2D eigenvalue weighted by Gasteiger charge is -2.25. The van der Waals surface area contributed by atoms with Crippen molar-refractivity contribution in [2.75, 3.05) is 12.3 Å². The molecule has 6 heteroatoms. The molecule has 1 rings (SSSR count). The van der Waals surface area contributed by atoms with E-state index in [0.29, 0.717) is 5.56 Å². The van der Waals surface area contributed by atoms with Crippen LogP contribution in [0, 0.1) is 12.7 Å². The number of sulfonamides is 1. The second-order valence-electron chi connectivity index (χ2n) is 4.60.